The van der Waals surface area contributed by atoms with Gasteiger partial charge in [-0.1, -0.05) is 38.2 Å². The Bertz CT molecular complexity index is 1130. The summed E-state index contributed by atoms with van der Waals surface area (Å²) < 4.78 is 22.3. The van der Waals surface area contributed by atoms with Gasteiger partial charge in [0.2, 0.25) is 0 Å². The Labute approximate surface area is 235 Å². The van der Waals surface area contributed by atoms with E-state index in [1.165, 1.54) is 39.5 Å². The van der Waals surface area contributed by atoms with Crippen LogP contribution in [0.1, 0.15) is 45.8 Å². The number of phenolic OH excluding ortho intramolecular Hbond substituents is 2. The van der Waals surface area contributed by atoms with E-state index in [-0.39, 0.29) is 34.2 Å². The number of anilines is 1. The molecule has 7 atom stereocenters. The van der Waals surface area contributed by atoms with Crippen molar-refractivity contribution in [2.75, 3.05) is 26.6 Å². The molecule has 222 valence electrons. The van der Waals surface area contributed by atoms with Crippen molar-refractivity contribution in [3.8, 4) is 11.5 Å². The van der Waals surface area contributed by atoms with Crippen LogP contribution in [-0.4, -0.2) is 73.1 Å². The van der Waals surface area contributed by atoms with Crippen LogP contribution < -0.4 is 11.1 Å². The van der Waals surface area contributed by atoms with E-state index >= 15 is 0 Å². The Kier molecular flexibility index (Phi) is 12.2. The van der Waals surface area contributed by atoms with Crippen molar-refractivity contribution < 1.29 is 43.9 Å². The molecule has 0 saturated carbocycles. The number of carbonyl (C=O) groups is 2. The lowest BCUT2D eigenvalue weighted by molar-refractivity contribution is -0.112. The first-order valence-electron chi connectivity index (χ1n) is 13.0. The van der Waals surface area contributed by atoms with E-state index in [2.05, 4.69) is 5.32 Å². The lowest BCUT2D eigenvalue weighted by atomic mass is 9.86. The van der Waals surface area contributed by atoms with Gasteiger partial charge in [-0.3, -0.25) is 4.79 Å². The number of carbonyl (C=O) groups excluding carboxylic acids is 2. The van der Waals surface area contributed by atoms with Crippen LogP contribution in [0.15, 0.2) is 47.6 Å². The van der Waals surface area contributed by atoms with Gasteiger partial charge in [-0.25, -0.2) is 4.79 Å². The highest BCUT2D eigenvalue weighted by Crippen LogP contribution is 2.41. The monoisotopic (exact) mass is 562 g/mol. The second kappa shape index (κ2) is 14.8. The minimum Gasteiger partial charge on any atom is -0.508 e. The predicted molar refractivity (Wildman–Crippen MR) is 150 cm³/mol. The summed E-state index contributed by atoms with van der Waals surface area (Å²) in [6.45, 7) is 6.97. The highest BCUT2D eigenvalue weighted by atomic mass is 16.6. The summed E-state index contributed by atoms with van der Waals surface area (Å²) in [5.41, 5.74) is 6.48. The zero-order chi connectivity index (χ0) is 30.1. The Morgan fingerprint density at radius 1 is 1.05 bits per heavy atom. The first-order chi connectivity index (χ1) is 18.8. The third kappa shape index (κ3) is 8.31. The minimum atomic E-state index is -0.995. The normalized spacial score (nSPS) is 32.2. The first kappa shape index (κ1) is 32.8. The number of amides is 2. The number of phenols is 2. The number of nitrogens with two attached hydrogens (primary N) is 1. The molecular weight excluding hydrogens is 520 g/mol. The second-order valence-electron chi connectivity index (χ2n) is 10.1. The summed E-state index contributed by atoms with van der Waals surface area (Å²) in [6, 6.07) is 2.62. The standard InChI is InChI=1S/C29H42N2O9/c1-15-9-8-10-22(37-5)27(40-29(30)36)17(3)11-16(2)24(33)23(38-6)12-18(4)26(39-7)20-13-19(32)14-21(25(20)34)31-28(15)35/h8-11,13-14,16,18,22-24,26-27,32-34H,12H2,1-7H3,(H2,30,36)(H,31,35)/b10-8+,15-9+,17-11+/t16-,18-,22-,23?,24+,26+,27-/m0/s1. The Morgan fingerprint density at radius 2 is 1.73 bits per heavy atom. The maximum atomic E-state index is 12.9. The van der Waals surface area contributed by atoms with Gasteiger partial charge in [0, 0.05) is 44.5 Å². The van der Waals surface area contributed by atoms with Crippen LogP contribution >= 0.6 is 0 Å². The minimum absolute atomic E-state index is 0.00496. The van der Waals surface area contributed by atoms with Crippen LogP contribution in [0.25, 0.3) is 0 Å². The van der Waals surface area contributed by atoms with E-state index in [1.54, 1.807) is 39.0 Å². The van der Waals surface area contributed by atoms with Crippen LogP contribution in [0.4, 0.5) is 10.5 Å². The number of aromatic hydroxyl groups is 2. The number of nitrogens with one attached hydrogen (secondary N) is 1. The Morgan fingerprint density at radius 3 is 2.30 bits per heavy atom. The smallest absolute Gasteiger partial charge is 0.405 e. The molecule has 1 aliphatic heterocycles. The van der Waals surface area contributed by atoms with Gasteiger partial charge in [0.15, 0.2) is 6.10 Å². The number of allylic oxidation sites excluding steroid dienone is 2. The van der Waals surface area contributed by atoms with E-state index in [0.29, 0.717) is 12.0 Å². The lowest BCUT2D eigenvalue weighted by Crippen LogP contribution is -2.37. The number of hydrogen-bond acceptors (Lipinski definition) is 9. The summed E-state index contributed by atoms with van der Waals surface area (Å²) in [5.74, 6) is -1.70. The van der Waals surface area contributed by atoms with Crippen molar-refractivity contribution in [2.24, 2.45) is 17.6 Å². The van der Waals surface area contributed by atoms with Crippen LogP contribution in [0.2, 0.25) is 0 Å². The van der Waals surface area contributed by atoms with E-state index in [9.17, 15) is 24.9 Å². The average Bonchev–Trinajstić information content (AvgIpc) is 2.90. The van der Waals surface area contributed by atoms with Crippen molar-refractivity contribution in [1.29, 1.82) is 0 Å². The number of fused-ring (bicyclic) bond motifs is 2. The molecule has 11 nitrogen and oxygen atoms in total. The number of benzene rings is 1. The largest absolute Gasteiger partial charge is 0.508 e. The van der Waals surface area contributed by atoms with Crippen molar-refractivity contribution in [3.63, 3.8) is 0 Å². The third-order valence-corrected chi connectivity index (χ3v) is 7.07. The van der Waals surface area contributed by atoms with Gasteiger partial charge < -0.3 is 45.3 Å². The first-order valence-corrected chi connectivity index (χ1v) is 13.0. The fourth-order valence-corrected chi connectivity index (χ4v) is 4.88. The maximum Gasteiger partial charge on any atom is 0.405 e. The molecule has 2 rings (SSSR count). The number of aliphatic hydroxyl groups is 1. The summed E-state index contributed by atoms with van der Waals surface area (Å²) in [6.07, 6.45) is 1.78. The molecule has 40 heavy (non-hydrogen) atoms. The Balaban J connectivity index is 2.67. The maximum absolute atomic E-state index is 12.9. The summed E-state index contributed by atoms with van der Waals surface area (Å²) >= 11 is 0. The molecule has 0 fully saturated rings. The topological polar surface area (TPSA) is 170 Å². The molecule has 0 aromatic heterocycles. The number of hydrogen-bond donors (Lipinski definition) is 5. The van der Waals surface area contributed by atoms with E-state index in [4.69, 9.17) is 24.7 Å². The fraction of sp³-hybridized carbons (Fsp3) is 0.517. The number of primary amides is 1. The summed E-state index contributed by atoms with van der Waals surface area (Å²) in [5, 5.41) is 35.3. The van der Waals surface area contributed by atoms with Crippen LogP contribution in [-0.2, 0) is 23.7 Å². The zero-order valence-corrected chi connectivity index (χ0v) is 24.1. The molecule has 1 aromatic carbocycles. The van der Waals surface area contributed by atoms with Crippen LogP contribution in [0.5, 0.6) is 11.5 Å². The van der Waals surface area contributed by atoms with E-state index in [1.807, 2.05) is 6.92 Å². The zero-order valence-electron chi connectivity index (χ0n) is 24.1. The van der Waals surface area contributed by atoms with Crippen LogP contribution in [0, 0.1) is 11.8 Å². The molecule has 0 saturated heterocycles. The molecule has 2 bridgehead atoms. The highest BCUT2D eigenvalue weighted by molar-refractivity contribution is 6.04. The number of aliphatic hydroxyl groups excluding tert-OH is 1. The molecule has 6 N–H and O–H groups in total. The molecule has 1 unspecified atom stereocenters. The van der Waals surface area contributed by atoms with Crippen LogP contribution in [0.3, 0.4) is 0 Å². The molecule has 0 aliphatic carbocycles. The van der Waals surface area contributed by atoms with Gasteiger partial charge in [-0.05, 0) is 37.8 Å². The summed E-state index contributed by atoms with van der Waals surface area (Å²) in [7, 11) is 4.39. The molecule has 1 aliphatic rings. The molecule has 2 amide bonds. The van der Waals surface area contributed by atoms with Crippen molar-refractivity contribution in [2.45, 2.75) is 64.6 Å². The molecule has 1 heterocycles. The molecule has 1 aromatic rings. The fourth-order valence-electron chi connectivity index (χ4n) is 4.88. The number of methoxy groups -OCH3 is 3. The van der Waals surface area contributed by atoms with E-state index in [0.717, 1.165) is 0 Å². The quantitative estimate of drug-likeness (QED) is 0.209. The predicted octanol–water partition coefficient (Wildman–Crippen LogP) is 3.70. The van der Waals surface area contributed by atoms with Gasteiger partial charge in [0.05, 0.1) is 24.0 Å². The Hall–Kier alpha value is -3.38. The SMILES string of the molecule is COC1C[C@H](C)[C@@H](OC)c2cc(O)cc(c2O)NC(=O)/C(C)=C/C=C/[C@H](OC)[C@@H](OC(N)=O)/C(C)=C/[C@H](C)[C@H]1O. The average molecular weight is 563 g/mol. The number of rotatable bonds is 4. The lowest BCUT2D eigenvalue weighted by Gasteiger charge is -2.32. The molecular formula is C29H42N2O9. The van der Waals surface area contributed by atoms with Gasteiger partial charge in [-0.2, -0.15) is 0 Å². The van der Waals surface area contributed by atoms with Crippen molar-refractivity contribution in [1.82, 2.24) is 0 Å². The van der Waals surface area contributed by atoms with Gasteiger partial charge in [-0.15, -0.1) is 0 Å². The molecule has 11 heteroatoms. The molecule has 0 spiro atoms. The van der Waals surface area contributed by atoms with Gasteiger partial charge >= 0.3 is 6.09 Å². The highest BCUT2D eigenvalue weighted by Gasteiger charge is 2.32. The number of ether oxygens (including phenoxy) is 4. The summed E-state index contributed by atoms with van der Waals surface area (Å²) in [4.78, 5) is 24.6. The van der Waals surface area contributed by atoms with Gasteiger partial charge in [0.25, 0.3) is 5.91 Å². The van der Waals surface area contributed by atoms with Crippen molar-refractivity contribution >= 4 is 17.7 Å². The third-order valence-electron chi connectivity index (χ3n) is 7.07. The molecule has 0 radical (unpaired) electrons. The van der Waals surface area contributed by atoms with E-state index < -0.39 is 48.4 Å². The van der Waals surface area contributed by atoms with Gasteiger partial charge in [0.1, 0.15) is 17.6 Å². The van der Waals surface area contributed by atoms with Crippen molar-refractivity contribution in [3.05, 3.63) is 53.1 Å². The second-order valence-corrected chi connectivity index (χ2v) is 10.1.